The van der Waals surface area contributed by atoms with E-state index in [1.54, 1.807) is 6.92 Å². The third kappa shape index (κ3) is 17.9. The minimum Gasteiger partial charge on any atom is -0.460 e. The summed E-state index contributed by atoms with van der Waals surface area (Å²) in [7, 11) is 0. The summed E-state index contributed by atoms with van der Waals surface area (Å²) in [6.07, 6.45) is -75.9. The van der Waals surface area contributed by atoms with Crippen molar-refractivity contribution in [1.82, 2.24) is 0 Å². The van der Waals surface area contributed by atoms with Crippen LogP contribution >= 0.6 is 0 Å². The van der Waals surface area contributed by atoms with Crippen molar-refractivity contribution >= 4 is 5.97 Å². The predicted octanol–water partition coefficient (Wildman–Crippen LogP) is 11.7. The largest absolute Gasteiger partial charge is 0.462 e. The van der Waals surface area contributed by atoms with Crippen molar-refractivity contribution < 1.29 is 180 Å². The first-order valence-electron chi connectivity index (χ1n) is 19.1. The van der Waals surface area contributed by atoms with Gasteiger partial charge in [0.2, 0.25) is 0 Å². The second kappa shape index (κ2) is 25.1. The van der Waals surface area contributed by atoms with Crippen LogP contribution in [0.15, 0.2) is 12.2 Å². The van der Waals surface area contributed by atoms with Crippen LogP contribution in [0.5, 0.6) is 0 Å². The Morgan fingerprint density at radius 1 is 0.432 bits per heavy atom. The number of ether oxygens (including phenoxy) is 9. The summed E-state index contributed by atoms with van der Waals surface area (Å²) in [5.41, 5.74) is 0.382. The molecule has 0 aliphatic carbocycles. The van der Waals surface area contributed by atoms with Gasteiger partial charge in [0.1, 0.15) is 13.2 Å². The number of alkyl halides is 29. The molecule has 444 valence electrons. The fourth-order valence-electron chi connectivity index (χ4n) is 3.91. The molecule has 1 N–H and O–H groups in total. The van der Waals surface area contributed by atoms with Crippen molar-refractivity contribution in [3.63, 3.8) is 0 Å². The van der Waals surface area contributed by atoms with Crippen LogP contribution in [0.2, 0.25) is 0 Å². The summed E-state index contributed by atoms with van der Waals surface area (Å²) in [4.78, 5) is 11.3. The lowest BCUT2D eigenvalue weighted by Gasteiger charge is -2.44. The lowest BCUT2D eigenvalue weighted by molar-refractivity contribution is -0.593. The summed E-state index contributed by atoms with van der Waals surface area (Å²) in [6.45, 7) is 13.6. The molecule has 74 heavy (non-hydrogen) atoms. The first kappa shape index (κ1) is 72.9. The number of aliphatic hydroxyl groups is 1. The Hall–Kier alpha value is -3.18. The zero-order valence-corrected chi connectivity index (χ0v) is 37.5. The number of carbonyl (C=O) groups excluding carboxylic acids is 1. The minimum absolute atomic E-state index is 0.0101. The van der Waals surface area contributed by atoms with E-state index in [2.05, 4.69) is 13.5 Å². The SMILES string of the molecule is C=C(C)C(=O)OCC(C)OCC(C)OCC(C)OCC(C)OCCC.OCC(F)(OC(F)(F)C(F)(OC(F)(F)C(F)(OC(F)(F)C(F)(OC(F)(F)C(F)(F)C(F)(F)F)C(F)(F)F)C(F)(F)F)C(F)(F)F)C(F)(F)F. The van der Waals surface area contributed by atoms with E-state index in [4.69, 9.17) is 28.8 Å². The van der Waals surface area contributed by atoms with Crippen LogP contribution in [0.3, 0.4) is 0 Å². The molecule has 0 amide bonds. The number of aliphatic hydroxyl groups excluding tert-OH is 1. The molecular weight excluding hydrogens is 1140 g/mol. The maximum atomic E-state index is 14.3. The molecule has 0 bridgehead atoms. The van der Waals surface area contributed by atoms with Gasteiger partial charge in [-0.15, -0.1) is 0 Å². The van der Waals surface area contributed by atoms with E-state index in [0.717, 1.165) is 27.2 Å². The van der Waals surface area contributed by atoms with Gasteiger partial charge in [-0.3, -0.25) is 18.9 Å². The van der Waals surface area contributed by atoms with Crippen LogP contribution in [0.1, 0.15) is 48.0 Å². The average molecular weight is 1170 g/mol. The standard InChI is InChI=1S/C19H36O6.C15H3F29O5/c1-8-9-21-15(4)10-22-16(5)11-23-17(6)12-24-18(7)13-25-19(20)14(2)3;16-2(1-45,7(22,23)24)46-13(39,40)4(19,9(28,29)30)48-15(43,44)6(21,11(34,35)36)49-14(41,42)5(20,10(31,32)33)47-12(37,38)3(17,18)8(25,26)27/h15-18H,2,8-13H2,1,3-7H3;45H,1H2. The topological polar surface area (TPSA) is 120 Å². The molecule has 0 aliphatic rings. The van der Waals surface area contributed by atoms with Crippen LogP contribution in [0.25, 0.3) is 0 Å². The molecule has 0 saturated heterocycles. The second-order valence-corrected chi connectivity index (χ2v) is 14.7. The Morgan fingerprint density at radius 3 is 0.973 bits per heavy atom. The van der Waals surface area contributed by atoms with E-state index < -0.39 is 97.2 Å². The van der Waals surface area contributed by atoms with Crippen molar-refractivity contribution in [2.45, 2.75) is 157 Å². The number of hydrogen-bond donors (Lipinski definition) is 1. The fraction of sp³-hybridized carbons (Fsp3) is 0.912. The van der Waals surface area contributed by atoms with E-state index in [9.17, 15) is 132 Å². The molecule has 0 aliphatic heterocycles. The number of esters is 1. The summed E-state index contributed by atoms with van der Waals surface area (Å²) in [6, 6.07) is 0. The number of carbonyl (C=O) groups is 1. The zero-order chi connectivity index (χ0) is 59.8. The van der Waals surface area contributed by atoms with E-state index in [1.165, 1.54) is 4.74 Å². The van der Waals surface area contributed by atoms with Gasteiger partial charge < -0.3 is 28.8 Å². The highest BCUT2D eigenvalue weighted by Gasteiger charge is 2.90. The quantitative estimate of drug-likeness (QED) is 0.0458. The number of rotatable bonds is 28. The normalized spacial score (nSPS) is 19.1. The third-order valence-corrected chi connectivity index (χ3v) is 7.91. The van der Waals surface area contributed by atoms with Gasteiger partial charge in [0.15, 0.2) is 0 Å². The molecule has 0 aromatic carbocycles. The second-order valence-electron chi connectivity index (χ2n) is 14.7. The molecule has 0 aromatic heterocycles. The average Bonchev–Trinajstić information content (AvgIpc) is 3.19. The molecular formula is C34H39F29O11. The summed E-state index contributed by atoms with van der Waals surface area (Å²) in [5.74, 6) is -42.6. The van der Waals surface area contributed by atoms with E-state index in [0.29, 0.717) is 25.4 Å². The summed E-state index contributed by atoms with van der Waals surface area (Å²) >= 11 is 0. The molecule has 8 unspecified atom stereocenters. The van der Waals surface area contributed by atoms with Crippen molar-refractivity contribution in [1.29, 1.82) is 0 Å². The summed E-state index contributed by atoms with van der Waals surface area (Å²) < 4.78 is 413. The highest BCUT2D eigenvalue weighted by Crippen LogP contribution is 2.61. The molecule has 8 atom stereocenters. The highest BCUT2D eigenvalue weighted by atomic mass is 19.4. The highest BCUT2D eigenvalue weighted by molar-refractivity contribution is 5.86. The van der Waals surface area contributed by atoms with Crippen LogP contribution in [-0.4, -0.2) is 160 Å². The van der Waals surface area contributed by atoms with E-state index >= 15 is 0 Å². The number of hydrogen-bond acceptors (Lipinski definition) is 11. The van der Waals surface area contributed by atoms with Crippen molar-refractivity contribution in [2.75, 3.05) is 39.6 Å². The van der Waals surface area contributed by atoms with E-state index in [-0.39, 0.29) is 31.0 Å². The lowest BCUT2D eigenvalue weighted by Crippen LogP contribution is -2.72. The molecule has 0 saturated carbocycles. The maximum absolute atomic E-state index is 14.3. The van der Waals surface area contributed by atoms with E-state index in [1.807, 2.05) is 27.7 Å². The molecule has 0 fully saturated rings. The molecule has 11 nitrogen and oxygen atoms in total. The maximum Gasteiger partial charge on any atom is 0.462 e. The minimum atomic E-state index is -9.19. The Morgan fingerprint density at radius 2 is 0.716 bits per heavy atom. The van der Waals surface area contributed by atoms with Gasteiger partial charge in [0, 0.05) is 12.2 Å². The Labute approximate surface area is 395 Å². The predicted molar refractivity (Wildman–Crippen MR) is 180 cm³/mol. The van der Waals surface area contributed by atoms with Crippen molar-refractivity contribution in [3.05, 3.63) is 12.2 Å². The molecule has 0 rings (SSSR count). The summed E-state index contributed by atoms with van der Waals surface area (Å²) in [5, 5.41) is 8.11. The Bertz CT molecular complexity index is 1760. The van der Waals surface area contributed by atoms with Crippen LogP contribution < -0.4 is 0 Å². The first-order chi connectivity index (χ1) is 32.4. The van der Waals surface area contributed by atoms with Gasteiger partial charge in [0.25, 0.3) is 0 Å². The van der Waals surface area contributed by atoms with Gasteiger partial charge in [-0.2, -0.15) is 127 Å². The molecule has 0 heterocycles. The Balaban J connectivity index is 0. The molecule has 0 aromatic rings. The fourth-order valence-corrected chi connectivity index (χ4v) is 3.91. The monoisotopic (exact) mass is 1170 g/mol. The van der Waals surface area contributed by atoms with Crippen molar-refractivity contribution in [2.24, 2.45) is 0 Å². The van der Waals surface area contributed by atoms with Gasteiger partial charge in [0.05, 0.1) is 44.2 Å². The number of halogens is 29. The van der Waals surface area contributed by atoms with Gasteiger partial charge in [-0.25, -0.2) is 4.79 Å². The van der Waals surface area contributed by atoms with Crippen LogP contribution in [0, 0.1) is 0 Å². The third-order valence-electron chi connectivity index (χ3n) is 7.91. The van der Waals surface area contributed by atoms with Crippen LogP contribution in [0.4, 0.5) is 127 Å². The first-order valence-corrected chi connectivity index (χ1v) is 19.1. The Kier molecular flexibility index (Phi) is 24.7. The van der Waals surface area contributed by atoms with Crippen LogP contribution in [-0.2, 0) is 47.4 Å². The lowest BCUT2D eigenvalue weighted by atomic mass is 10.2. The van der Waals surface area contributed by atoms with Gasteiger partial charge in [-0.1, -0.05) is 13.5 Å². The van der Waals surface area contributed by atoms with Crippen molar-refractivity contribution in [3.8, 4) is 0 Å². The molecule has 0 radical (unpaired) electrons. The van der Waals surface area contributed by atoms with Gasteiger partial charge in [-0.05, 0) is 41.0 Å². The van der Waals surface area contributed by atoms with Gasteiger partial charge >= 0.3 is 90.6 Å². The zero-order valence-electron chi connectivity index (χ0n) is 37.5. The molecule has 40 heteroatoms. The smallest absolute Gasteiger partial charge is 0.460 e. The molecule has 0 spiro atoms.